The topological polar surface area (TPSA) is 110 Å². The van der Waals surface area contributed by atoms with Crippen LogP contribution in [-0.4, -0.2) is 47.9 Å². The Morgan fingerprint density at radius 2 is 1.97 bits per heavy atom. The van der Waals surface area contributed by atoms with Gasteiger partial charge in [-0.25, -0.2) is 24.3 Å². The Labute approximate surface area is 207 Å². The van der Waals surface area contributed by atoms with Crippen molar-refractivity contribution in [3.63, 3.8) is 0 Å². The van der Waals surface area contributed by atoms with Crippen molar-refractivity contribution in [3.05, 3.63) is 59.7 Å². The van der Waals surface area contributed by atoms with E-state index in [2.05, 4.69) is 35.6 Å². The lowest BCUT2D eigenvalue weighted by molar-refractivity contribution is -0.135. The maximum Gasteiger partial charge on any atom is 0.389 e. The normalized spacial score (nSPS) is 20.6. The summed E-state index contributed by atoms with van der Waals surface area (Å²) in [5, 5.41) is 6.08. The number of anilines is 2. The molecule has 0 aromatic carbocycles. The molecule has 4 aromatic rings. The number of aryl methyl sites for hydroxylation is 1. The van der Waals surface area contributed by atoms with Crippen LogP contribution < -0.4 is 10.6 Å². The molecule has 9 nitrogen and oxygen atoms in total. The molecule has 0 saturated heterocycles. The molecule has 0 aliphatic carbocycles. The van der Waals surface area contributed by atoms with Crippen molar-refractivity contribution in [2.45, 2.75) is 37.8 Å². The van der Waals surface area contributed by atoms with Gasteiger partial charge in [0.25, 0.3) is 0 Å². The number of hydrogen-bond donors (Lipinski definition) is 2. The fraction of sp³-hybridized carbons (Fsp3) is 0.333. The largest absolute Gasteiger partial charge is 0.389 e. The van der Waals surface area contributed by atoms with E-state index in [9.17, 15) is 22.4 Å². The van der Waals surface area contributed by atoms with Gasteiger partial charge in [0.2, 0.25) is 5.91 Å². The maximum absolute atomic E-state index is 13.6. The van der Waals surface area contributed by atoms with Gasteiger partial charge >= 0.3 is 6.18 Å². The molecular weight excluding hydrogens is 492 g/mol. The number of fused-ring (bicyclic) bond motifs is 1. The van der Waals surface area contributed by atoms with Crippen LogP contribution in [-0.2, 0) is 16.6 Å². The summed E-state index contributed by atoms with van der Waals surface area (Å²) in [6, 6.07) is 2.75. The summed E-state index contributed by atoms with van der Waals surface area (Å²) in [4.78, 5) is 35.7. The van der Waals surface area contributed by atoms with Crippen molar-refractivity contribution in [1.82, 2.24) is 29.3 Å². The highest BCUT2D eigenvalue weighted by Gasteiger charge is 2.57. The van der Waals surface area contributed by atoms with E-state index < -0.39 is 23.8 Å². The highest BCUT2D eigenvalue weighted by atomic mass is 19.4. The highest BCUT2D eigenvalue weighted by Crippen LogP contribution is 2.52. The van der Waals surface area contributed by atoms with Gasteiger partial charge in [-0.2, -0.15) is 13.2 Å². The summed E-state index contributed by atoms with van der Waals surface area (Å²) in [7, 11) is 0. The third kappa shape index (κ3) is 3.67. The van der Waals surface area contributed by atoms with E-state index in [-0.39, 0.29) is 36.3 Å². The van der Waals surface area contributed by atoms with Crippen molar-refractivity contribution in [2.24, 2.45) is 5.92 Å². The van der Waals surface area contributed by atoms with Crippen molar-refractivity contribution < 1.29 is 22.4 Å². The summed E-state index contributed by atoms with van der Waals surface area (Å²) in [6.45, 7) is 2.29. The second kappa shape index (κ2) is 8.18. The SMILES string of the molecule is CC1CNc2nc(-c3cn4ccnc4c(CCCC(F)(F)F)n3)nc3c2C1(c1ccc(F)cn1)C(=O)N3. The van der Waals surface area contributed by atoms with Gasteiger partial charge in [0.1, 0.15) is 28.6 Å². The number of carbonyl (C=O) groups excluding carboxylic acids is 1. The summed E-state index contributed by atoms with van der Waals surface area (Å²) in [5.74, 6) is -0.218. The van der Waals surface area contributed by atoms with Crippen LogP contribution in [0.4, 0.5) is 29.2 Å². The number of amides is 1. The van der Waals surface area contributed by atoms with E-state index in [0.717, 1.165) is 6.20 Å². The molecule has 2 aliphatic heterocycles. The van der Waals surface area contributed by atoms with Gasteiger partial charge < -0.3 is 15.0 Å². The summed E-state index contributed by atoms with van der Waals surface area (Å²) in [6.07, 6.45) is 0.650. The predicted molar refractivity (Wildman–Crippen MR) is 124 cm³/mol. The first-order valence-corrected chi connectivity index (χ1v) is 11.7. The van der Waals surface area contributed by atoms with E-state index in [1.54, 1.807) is 16.8 Å². The Kier molecular flexibility index (Phi) is 5.14. The van der Waals surface area contributed by atoms with Gasteiger partial charge in [-0.15, -0.1) is 0 Å². The molecule has 37 heavy (non-hydrogen) atoms. The van der Waals surface area contributed by atoms with E-state index in [4.69, 9.17) is 0 Å². The first kappa shape index (κ1) is 23.3. The highest BCUT2D eigenvalue weighted by molar-refractivity contribution is 6.10. The number of nitrogens with one attached hydrogen (secondary N) is 2. The zero-order valence-electron chi connectivity index (χ0n) is 19.5. The molecule has 4 aromatic heterocycles. The molecular formula is C24H20F4N8O. The van der Waals surface area contributed by atoms with Gasteiger partial charge in [-0.3, -0.25) is 9.78 Å². The van der Waals surface area contributed by atoms with Crippen LogP contribution >= 0.6 is 0 Å². The lowest BCUT2D eigenvalue weighted by Crippen LogP contribution is -2.48. The third-order valence-corrected chi connectivity index (χ3v) is 6.89. The number of halogens is 4. The number of alkyl halides is 3. The molecule has 6 rings (SSSR count). The molecule has 2 aliphatic rings. The van der Waals surface area contributed by atoms with Crippen molar-refractivity contribution in [1.29, 1.82) is 0 Å². The zero-order chi connectivity index (χ0) is 25.9. The Morgan fingerprint density at radius 1 is 1.16 bits per heavy atom. The fourth-order valence-corrected chi connectivity index (χ4v) is 5.19. The van der Waals surface area contributed by atoms with Crippen molar-refractivity contribution in [3.8, 4) is 11.5 Å². The Morgan fingerprint density at radius 3 is 2.73 bits per heavy atom. The average molecular weight is 512 g/mol. The molecule has 2 atom stereocenters. The molecule has 1 amide bonds. The Bertz CT molecular complexity index is 1530. The standard InChI is InChI=1S/C24H20F4N8O/c1-12-9-31-19-17-20(35-22(37)24(12,17)16-5-4-13(25)10-30-16)34-18(33-19)15-11-36-8-7-29-21(36)14(32-15)3-2-6-23(26,27)28/h4-5,7-8,10-12H,2-3,6,9H2,1H3,(H2,31,33,34,35,37). The molecule has 6 heterocycles. The van der Waals surface area contributed by atoms with Crippen LogP contribution in [0.25, 0.3) is 17.2 Å². The number of hydrogen-bond acceptors (Lipinski definition) is 7. The van der Waals surface area contributed by atoms with Gasteiger partial charge in [0.05, 0.1) is 23.1 Å². The van der Waals surface area contributed by atoms with Crippen molar-refractivity contribution in [2.75, 3.05) is 17.2 Å². The molecule has 190 valence electrons. The zero-order valence-corrected chi connectivity index (χ0v) is 19.5. The minimum absolute atomic E-state index is 0.0670. The number of nitrogens with zero attached hydrogens (tertiary/aromatic N) is 6. The lowest BCUT2D eigenvalue weighted by atomic mass is 9.67. The molecule has 0 radical (unpaired) electrons. The third-order valence-electron chi connectivity index (χ3n) is 6.89. The second-order valence-corrected chi connectivity index (χ2v) is 9.22. The van der Waals surface area contributed by atoms with Crippen molar-refractivity contribution >= 4 is 23.2 Å². The van der Waals surface area contributed by atoms with Crippen LogP contribution in [0, 0.1) is 11.7 Å². The number of rotatable bonds is 5. The van der Waals surface area contributed by atoms with Crippen LogP contribution in [0.5, 0.6) is 0 Å². The average Bonchev–Trinajstić information content (AvgIpc) is 3.44. The molecule has 0 fully saturated rings. The maximum atomic E-state index is 13.6. The number of pyridine rings is 1. The smallest absolute Gasteiger partial charge is 0.369 e. The van der Waals surface area contributed by atoms with E-state index in [1.165, 1.54) is 18.3 Å². The van der Waals surface area contributed by atoms with Gasteiger partial charge in [-0.05, 0) is 30.9 Å². The van der Waals surface area contributed by atoms with Crippen LogP contribution in [0.2, 0.25) is 0 Å². The van der Waals surface area contributed by atoms with E-state index in [0.29, 0.717) is 40.7 Å². The summed E-state index contributed by atoms with van der Waals surface area (Å²) < 4.78 is 53.4. The van der Waals surface area contributed by atoms with Gasteiger partial charge in [0, 0.05) is 31.6 Å². The molecule has 0 bridgehead atoms. The molecule has 13 heteroatoms. The Hall–Kier alpha value is -4.16. The quantitative estimate of drug-likeness (QED) is 0.390. The summed E-state index contributed by atoms with van der Waals surface area (Å²) in [5.41, 5.74) is 0.871. The van der Waals surface area contributed by atoms with Crippen LogP contribution in [0.3, 0.4) is 0 Å². The number of aromatic nitrogens is 6. The van der Waals surface area contributed by atoms with E-state index in [1.807, 2.05) is 6.92 Å². The first-order chi connectivity index (χ1) is 17.7. The Balaban J connectivity index is 1.45. The number of imidazole rings is 1. The molecule has 2 N–H and O–H groups in total. The van der Waals surface area contributed by atoms with Crippen LogP contribution in [0.1, 0.15) is 36.7 Å². The predicted octanol–water partition coefficient (Wildman–Crippen LogP) is 3.91. The molecule has 2 unspecified atom stereocenters. The minimum atomic E-state index is -4.26. The molecule has 0 saturated carbocycles. The monoisotopic (exact) mass is 512 g/mol. The summed E-state index contributed by atoms with van der Waals surface area (Å²) >= 11 is 0. The van der Waals surface area contributed by atoms with Crippen LogP contribution in [0.15, 0.2) is 36.9 Å². The first-order valence-electron chi connectivity index (χ1n) is 11.7. The molecule has 0 spiro atoms. The minimum Gasteiger partial charge on any atom is -0.369 e. The lowest BCUT2D eigenvalue weighted by Gasteiger charge is -2.37. The fourth-order valence-electron chi connectivity index (χ4n) is 5.19. The number of carbonyl (C=O) groups is 1. The van der Waals surface area contributed by atoms with Gasteiger partial charge in [0.15, 0.2) is 11.5 Å². The second-order valence-electron chi connectivity index (χ2n) is 9.22. The van der Waals surface area contributed by atoms with Gasteiger partial charge in [-0.1, -0.05) is 6.92 Å². The van der Waals surface area contributed by atoms with E-state index >= 15 is 0 Å².